The Morgan fingerprint density at radius 1 is 1.14 bits per heavy atom. The second kappa shape index (κ2) is 10.2. The molecule has 1 aliphatic heterocycles. The van der Waals surface area contributed by atoms with Crippen molar-refractivity contribution in [3.05, 3.63) is 31.2 Å². The number of nitrogens with one attached hydrogen (secondary N) is 2. The Morgan fingerprint density at radius 3 is 2.36 bits per heavy atom. The van der Waals surface area contributed by atoms with Crippen LogP contribution in [-0.4, -0.2) is 75.4 Å². The number of rotatable bonds is 7. The van der Waals surface area contributed by atoms with Gasteiger partial charge in [0.15, 0.2) is 10.3 Å². The highest BCUT2D eigenvalue weighted by Gasteiger charge is 2.35. The summed E-state index contributed by atoms with van der Waals surface area (Å²) in [5.74, 6) is -2.97. The van der Waals surface area contributed by atoms with Gasteiger partial charge < -0.3 is 35.9 Å². The molecule has 3 aromatic heterocycles. The van der Waals surface area contributed by atoms with Gasteiger partial charge in [0.05, 0.1) is 22.2 Å². The third kappa shape index (κ3) is 4.86. The molecule has 0 spiro atoms. The summed E-state index contributed by atoms with van der Waals surface area (Å²) in [6, 6.07) is -0.368. The quantitative estimate of drug-likeness (QED) is 0.280. The van der Waals surface area contributed by atoms with Crippen molar-refractivity contribution in [2.24, 2.45) is 0 Å². The fraction of sp³-hybridized carbons (Fsp3) is 0.350. The number of nitrogen functional groups attached to an aromatic ring is 1. The average Bonchev–Trinajstić information content (AvgIpc) is 3.51. The number of aryl methyl sites for hydroxylation is 1. The van der Waals surface area contributed by atoms with Crippen molar-refractivity contribution in [3.8, 4) is 11.4 Å². The van der Waals surface area contributed by atoms with Crippen LogP contribution in [0.25, 0.3) is 11.4 Å². The number of ether oxygens (including phenoxy) is 1. The van der Waals surface area contributed by atoms with E-state index in [0.29, 0.717) is 23.8 Å². The molecule has 6 N–H and O–H groups in total. The van der Waals surface area contributed by atoms with Crippen molar-refractivity contribution >= 4 is 74.0 Å². The number of thiazole rings is 2. The summed E-state index contributed by atoms with van der Waals surface area (Å²) in [5.41, 5.74) is 6.25. The van der Waals surface area contributed by atoms with E-state index in [0.717, 1.165) is 22.7 Å². The molecule has 192 valence electrons. The van der Waals surface area contributed by atoms with E-state index in [1.165, 1.54) is 7.11 Å². The normalized spacial score (nSPS) is 17.8. The van der Waals surface area contributed by atoms with Crippen molar-refractivity contribution < 1.29 is 29.3 Å². The summed E-state index contributed by atoms with van der Waals surface area (Å²) in [4.78, 5) is 49.1. The molecule has 1 saturated heterocycles. The van der Waals surface area contributed by atoms with E-state index in [1.54, 1.807) is 6.92 Å². The van der Waals surface area contributed by atoms with Gasteiger partial charge in [0, 0.05) is 25.9 Å². The lowest BCUT2D eigenvalue weighted by atomic mass is 10.0. The molecule has 3 aromatic rings. The molecule has 1 fully saturated rings. The van der Waals surface area contributed by atoms with Gasteiger partial charge in [0.25, 0.3) is 5.91 Å². The van der Waals surface area contributed by atoms with Gasteiger partial charge in [-0.2, -0.15) is 0 Å². The lowest BCUT2D eigenvalue weighted by Gasteiger charge is -2.37. The maximum absolute atomic E-state index is 12.8. The lowest BCUT2D eigenvalue weighted by Crippen LogP contribution is -2.55. The van der Waals surface area contributed by atoms with Crippen LogP contribution in [-0.2, 0) is 4.74 Å². The highest BCUT2D eigenvalue weighted by atomic mass is 35.5. The molecule has 1 amide bonds. The topological polar surface area (TPSA) is 184 Å². The summed E-state index contributed by atoms with van der Waals surface area (Å²) in [6.07, 6.45) is -0.00507. The number of aromatic amines is 1. The third-order valence-electron chi connectivity index (χ3n) is 5.60. The Balaban J connectivity index is 1.56. The number of aromatic nitrogens is 3. The van der Waals surface area contributed by atoms with Crippen LogP contribution in [0.2, 0.25) is 10.0 Å². The molecule has 4 heterocycles. The number of amides is 1. The number of carboxylic acid groups (broad SMARTS) is 2. The number of hydrogen-bond acceptors (Lipinski definition) is 10. The van der Waals surface area contributed by atoms with Gasteiger partial charge in [-0.25, -0.2) is 19.6 Å². The number of halogens is 2. The maximum Gasteiger partial charge on any atom is 0.348 e. The van der Waals surface area contributed by atoms with E-state index in [4.69, 9.17) is 33.7 Å². The Labute approximate surface area is 222 Å². The number of methoxy groups -OCH3 is 1. The van der Waals surface area contributed by atoms with Gasteiger partial charge in [-0.05, 0) is 13.3 Å². The van der Waals surface area contributed by atoms with Crippen LogP contribution in [0.4, 0.5) is 10.3 Å². The van der Waals surface area contributed by atoms with E-state index in [2.05, 4.69) is 20.3 Å². The Hall–Kier alpha value is -2.91. The number of nitrogens with zero attached hydrogens (tertiary/aromatic N) is 3. The van der Waals surface area contributed by atoms with Crippen molar-refractivity contribution in [3.63, 3.8) is 0 Å². The lowest BCUT2D eigenvalue weighted by molar-refractivity contribution is 0.0540. The van der Waals surface area contributed by atoms with Crippen LogP contribution in [0.1, 0.15) is 41.9 Å². The molecule has 0 aliphatic carbocycles. The zero-order valence-electron chi connectivity index (χ0n) is 18.8. The van der Waals surface area contributed by atoms with Crippen molar-refractivity contribution in [1.82, 2.24) is 20.3 Å². The molecule has 0 radical (unpaired) electrons. The second-order valence-corrected chi connectivity index (χ2v) is 10.6. The summed E-state index contributed by atoms with van der Waals surface area (Å²) >= 11 is 13.9. The minimum atomic E-state index is -1.28. The van der Waals surface area contributed by atoms with Gasteiger partial charge in [-0.3, -0.25) is 4.79 Å². The van der Waals surface area contributed by atoms with Crippen LogP contribution >= 0.6 is 45.9 Å². The number of carboxylic acids is 2. The number of carbonyl (C=O) groups is 3. The van der Waals surface area contributed by atoms with Gasteiger partial charge in [-0.1, -0.05) is 45.9 Å². The molecule has 12 nitrogen and oxygen atoms in total. The first-order valence-electron chi connectivity index (χ1n) is 10.4. The van der Waals surface area contributed by atoms with Gasteiger partial charge >= 0.3 is 11.9 Å². The zero-order valence-corrected chi connectivity index (χ0v) is 21.9. The van der Waals surface area contributed by atoms with E-state index in [-0.39, 0.29) is 54.6 Å². The van der Waals surface area contributed by atoms with Gasteiger partial charge in [-0.15, -0.1) is 0 Å². The molecular formula is C20H20Cl2N6O6S2. The van der Waals surface area contributed by atoms with Crippen LogP contribution in [0, 0.1) is 6.92 Å². The first-order valence-corrected chi connectivity index (χ1v) is 12.8. The first kappa shape index (κ1) is 26.2. The number of carbonyl (C=O) groups excluding carboxylic acids is 1. The molecule has 4 rings (SSSR count). The monoisotopic (exact) mass is 574 g/mol. The minimum absolute atomic E-state index is 0.0112. The molecule has 36 heavy (non-hydrogen) atoms. The number of H-pyrrole nitrogens is 1. The number of hydrogen-bond donors (Lipinski definition) is 5. The van der Waals surface area contributed by atoms with Crippen LogP contribution in [0.5, 0.6) is 0 Å². The molecule has 1 aliphatic rings. The Bertz CT molecular complexity index is 1350. The van der Waals surface area contributed by atoms with E-state index < -0.39 is 23.9 Å². The smallest absolute Gasteiger partial charge is 0.348 e. The summed E-state index contributed by atoms with van der Waals surface area (Å²) in [5, 5.41) is 22.9. The number of nitrogens with two attached hydrogens (primary N) is 1. The van der Waals surface area contributed by atoms with E-state index >= 15 is 0 Å². The largest absolute Gasteiger partial charge is 0.477 e. The summed E-state index contributed by atoms with van der Waals surface area (Å²) in [6.45, 7) is 2.41. The predicted molar refractivity (Wildman–Crippen MR) is 136 cm³/mol. The van der Waals surface area contributed by atoms with Crippen LogP contribution in [0.15, 0.2) is 0 Å². The molecule has 0 aromatic carbocycles. The van der Waals surface area contributed by atoms with Crippen LogP contribution < -0.4 is 16.0 Å². The van der Waals surface area contributed by atoms with E-state index in [9.17, 15) is 24.6 Å². The standard InChI is InChI=1S/C20H20Cl2N6O6S2/c1-6-9(21)10(22)11(24-6)16(29)25-7-3-4-28(5-8(7)34-2)20-27-13(15(36-20)18(32)33)12-14(17(30)31)35-19(23)26-12/h7-8,24H,3-5H2,1-2H3,(H2,23,26)(H,25,29)(H,30,31)(H,32,33)/t7-,8+/m1/s1. The Morgan fingerprint density at radius 2 is 1.78 bits per heavy atom. The maximum atomic E-state index is 12.8. The van der Waals surface area contributed by atoms with Gasteiger partial charge in [0.1, 0.15) is 26.8 Å². The highest BCUT2D eigenvalue weighted by Crippen LogP contribution is 2.38. The molecule has 0 unspecified atom stereocenters. The third-order valence-corrected chi connectivity index (χ3v) is 8.53. The van der Waals surface area contributed by atoms with Crippen molar-refractivity contribution in [2.75, 3.05) is 30.8 Å². The molecule has 16 heteroatoms. The van der Waals surface area contributed by atoms with Crippen LogP contribution in [0.3, 0.4) is 0 Å². The molecule has 2 atom stereocenters. The highest BCUT2D eigenvalue weighted by molar-refractivity contribution is 7.18. The van der Waals surface area contributed by atoms with Crippen molar-refractivity contribution in [2.45, 2.75) is 25.5 Å². The predicted octanol–water partition coefficient (Wildman–Crippen LogP) is 3.21. The average molecular weight is 575 g/mol. The first-order chi connectivity index (χ1) is 17.0. The number of aromatic carboxylic acids is 2. The molecular weight excluding hydrogens is 555 g/mol. The number of piperidine rings is 1. The summed E-state index contributed by atoms with van der Waals surface area (Å²) in [7, 11) is 1.50. The second-order valence-electron chi connectivity index (χ2n) is 7.86. The van der Waals surface area contributed by atoms with E-state index in [1.807, 2.05) is 4.90 Å². The summed E-state index contributed by atoms with van der Waals surface area (Å²) < 4.78 is 5.60. The minimum Gasteiger partial charge on any atom is -0.477 e. The Kier molecular flexibility index (Phi) is 7.43. The SMILES string of the molecule is CO[C@H]1CN(c2nc(-c3nc(N)sc3C(=O)O)c(C(=O)O)s2)CC[C@H]1NC(=O)c1[nH]c(C)c(Cl)c1Cl. The number of anilines is 2. The van der Waals surface area contributed by atoms with Gasteiger partial charge in [0.2, 0.25) is 0 Å². The zero-order chi connectivity index (χ0) is 26.3. The fourth-order valence-electron chi connectivity index (χ4n) is 3.85. The molecule has 0 bridgehead atoms. The fourth-order valence-corrected chi connectivity index (χ4v) is 5.88. The molecule has 0 saturated carbocycles. The van der Waals surface area contributed by atoms with Crippen molar-refractivity contribution in [1.29, 1.82) is 0 Å².